The summed E-state index contributed by atoms with van der Waals surface area (Å²) in [6.07, 6.45) is 8.69. The van der Waals surface area contributed by atoms with Crippen LogP contribution in [0.1, 0.15) is 36.6 Å². The van der Waals surface area contributed by atoms with E-state index in [1.165, 1.54) is 4.90 Å². The number of carbonyl (C=O) groups is 2. The Kier molecular flexibility index (Phi) is 3.97. The van der Waals surface area contributed by atoms with Gasteiger partial charge >= 0.3 is 0 Å². The third-order valence-electron chi connectivity index (χ3n) is 5.44. The lowest BCUT2D eigenvalue weighted by Gasteiger charge is -2.29. The van der Waals surface area contributed by atoms with Crippen LogP contribution in [0, 0.1) is 12.8 Å². The first-order valence-corrected chi connectivity index (χ1v) is 8.82. The normalized spacial score (nSPS) is 22.7. The Morgan fingerprint density at radius 3 is 2.62 bits per heavy atom. The van der Waals surface area contributed by atoms with Gasteiger partial charge in [-0.2, -0.15) is 5.10 Å². The molecule has 8 nitrogen and oxygen atoms in total. The van der Waals surface area contributed by atoms with Crippen molar-refractivity contribution in [2.45, 2.75) is 38.3 Å². The topological polar surface area (TPSA) is 84.2 Å². The van der Waals surface area contributed by atoms with Crippen molar-refractivity contribution in [3.05, 3.63) is 36.0 Å². The highest BCUT2D eigenvalue weighted by Gasteiger charge is 2.51. The van der Waals surface area contributed by atoms with Crippen LogP contribution in [0.5, 0.6) is 0 Å². The van der Waals surface area contributed by atoms with E-state index in [1.807, 2.05) is 18.9 Å². The largest absolute Gasteiger partial charge is 0.332 e. The Labute approximate surface area is 151 Å². The standard InChI is InChI=1S/C18H22N6O2/c1-11-14(9-21-23(11)3)17-13(8-16(25)24(17)12-4-5-12)18(26)22(2)15-10-19-6-7-20-15/h6-7,9-10,12-13,17H,4-5,8H2,1-3H3/t13-,17-/m0/s1. The van der Waals surface area contributed by atoms with E-state index in [0.717, 1.165) is 24.1 Å². The molecule has 4 rings (SSSR count). The van der Waals surface area contributed by atoms with Crippen molar-refractivity contribution < 1.29 is 9.59 Å². The third kappa shape index (κ3) is 2.65. The first-order valence-electron chi connectivity index (χ1n) is 8.82. The smallest absolute Gasteiger partial charge is 0.233 e. The fraction of sp³-hybridized carbons (Fsp3) is 0.500. The van der Waals surface area contributed by atoms with Gasteiger partial charge in [0.15, 0.2) is 5.82 Å². The third-order valence-corrected chi connectivity index (χ3v) is 5.44. The molecule has 0 bridgehead atoms. The maximum absolute atomic E-state index is 13.2. The van der Waals surface area contributed by atoms with E-state index in [9.17, 15) is 9.59 Å². The quantitative estimate of drug-likeness (QED) is 0.825. The molecule has 136 valence electrons. The highest BCUT2D eigenvalue weighted by Crippen LogP contribution is 2.46. The Balaban J connectivity index is 1.70. The number of carbonyl (C=O) groups excluding carboxylic acids is 2. The second-order valence-corrected chi connectivity index (χ2v) is 7.06. The molecule has 1 aliphatic carbocycles. The van der Waals surface area contributed by atoms with Gasteiger partial charge in [-0.05, 0) is 19.8 Å². The van der Waals surface area contributed by atoms with E-state index < -0.39 is 5.92 Å². The lowest BCUT2D eigenvalue weighted by Crippen LogP contribution is -2.38. The summed E-state index contributed by atoms with van der Waals surface area (Å²) in [5.41, 5.74) is 1.94. The minimum Gasteiger partial charge on any atom is -0.332 e. The van der Waals surface area contributed by atoms with Crippen LogP contribution >= 0.6 is 0 Å². The van der Waals surface area contributed by atoms with Crippen LogP contribution in [0.4, 0.5) is 5.82 Å². The fourth-order valence-corrected chi connectivity index (χ4v) is 3.76. The molecule has 1 saturated heterocycles. The number of rotatable bonds is 4. The molecule has 3 heterocycles. The van der Waals surface area contributed by atoms with Crippen LogP contribution in [0.15, 0.2) is 24.8 Å². The summed E-state index contributed by atoms with van der Waals surface area (Å²) in [6.45, 7) is 1.98. The molecule has 2 amide bonds. The summed E-state index contributed by atoms with van der Waals surface area (Å²) >= 11 is 0. The van der Waals surface area contributed by atoms with Gasteiger partial charge in [-0.15, -0.1) is 0 Å². The van der Waals surface area contributed by atoms with Crippen molar-refractivity contribution in [2.24, 2.45) is 13.0 Å². The molecule has 2 fully saturated rings. The summed E-state index contributed by atoms with van der Waals surface area (Å²) in [6, 6.07) is -0.0259. The van der Waals surface area contributed by atoms with Gasteiger partial charge in [0, 0.05) is 50.2 Å². The molecule has 2 atom stereocenters. The number of aryl methyl sites for hydroxylation is 1. The van der Waals surface area contributed by atoms with Crippen molar-refractivity contribution in [1.29, 1.82) is 0 Å². The fourth-order valence-electron chi connectivity index (χ4n) is 3.76. The van der Waals surface area contributed by atoms with Crippen molar-refractivity contribution in [2.75, 3.05) is 11.9 Å². The Bertz CT molecular complexity index is 845. The van der Waals surface area contributed by atoms with E-state index in [0.29, 0.717) is 5.82 Å². The van der Waals surface area contributed by atoms with Crippen LogP contribution in [-0.2, 0) is 16.6 Å². The van der Waals surface area contributed by atoms with Gasteiger partial charge < -0.3 is 4.90 Å². The molecular weight excluding hydrogens is 332 g/mol. The average molecular weight is 354 g/mol. The van der Waals surface area contributed by atoms with Crippen LogP contribution in [0.2, 0.25) is 0 Å². The molecule has 0 unspecified atom stereocenters. The number of hydrogen-bond donors (Lipinski definition) is 0. The molecule has 8 heteroatoms. The summed E-state index contributed by atoms with van der Waals surface area (Å²) in [5.74, 6) is -0.0311. The highest BCUT2D eigenvalue weighted by atomic mass is 16.2. The van der Waals surface area contributed by atoms with Crippen LogP contribution < -0.4 is 4.90 Å². The van der Waals surface area contributed by atoms with Crippen molar-refractivity contribution in [1.82, 2.24) is 24.6 Å². The monoisotopic (exact) mass is 354 g/mol. The molecule has 2 aromatic rings. The Hall–Kier alpha value is -2.77. The van der Waals surface area contributed by atoms with Crippen molar-refractivity contribution in [3.63, 3.8) is 0 Å². The Morgan fingerprint density at radius 2 is 2.04 bits per heavy atom. The zero-order chi connectivity index (χ0) is 18.4. The van der Waals surface area contributed by atoms with Crippen molar-refractivity contribution in [3.8, 4) is 0 Å². The highest BCUT2D eigenvalue weighted by molar-refractivity contribution is 5.98. The zero-order valence-electron chi connectivity index (χ0n) is 15.2. The molecular formula is C18H22N6O2. The number of likely N-dealkylation sites (tertiary alicyclic amines) is 1. The molecule has 2 aliphatic rings. The molecule has 0 N–H and O–H groups in total. The summed E-state index contributed by atoms with van der Waals surface area (Å²) < 4.78 is 1.79. The predicted molar refractivity (Wildman–Crippen MR) is 94.1 cm³/mol. The number of amides is 2. The van der Waals surface area contributed by atoms with E-state index in [2.05, 4.69) is 15.1 Å². The van der Waals surface area contributed by atoms with Gasteiger partial charge in [-0.3, -0.25) is 24.2 Å². The van der Waals surface area contributed by atoms with Gasteiger partial charge in [0.2, 0.25) is 11.8 Å². The minimum atomic E-state index is -0.446. The van der Waals surface area contributed by atoms with E-state index in [-0.39, 0.29) is 30.3 Å². The molecule has 2 aromatic heterocycles. The lowest BCUT2D eigenvalue weighted by atomic mass is 9.92. The summed E-state index contributed by atoms with van der Waals surface area (Å²) in [4.78, 5) is 37.6. The van der Waals surface area contributed by atoms with Gasteiger partial charge in [-0.1, -0.05) is 0 Å². The summed E-state index contributed by atoms with van der Waals surface area (Å²) in [7, 11) is 3.56. The minimum absolute atomic E-state index is 0.0478. The first-order chi connectivity index (χ1) is 12.5. The van der Waals surface area contributed by atoms with Crippen LogP contribution in [0.3, 0.4) is 0 Å². The molecule has 0 radical (unpaired) electrons. The maximum atomic E-state index is 13.2. The van der Waals surface area contributed by atoms with Gasteiger partial charge in [0.1, 0.15) is 0 Å². The van der Waals surface area contributed by atoms with Gasteiger partial charge in [-0.25, -0.2) is 4.98 Å². The number of hydrogen-bond acceptors (Lipinski definition) is 5. The summed E-state index contributed by atoms with van der Waals surface area (Å²) in [5, 5.41) is 4.33. The maximum Gasteiger partial charge on any atom is 0.233 e. The van der Waals surface area contributed by atoms with E-state index in [4.69, 9.17) is 0 Å². The molecule has 0 aromatic carbocycles. The SMILES string of the molecule is Cc1c([C@@H]2[C@@H](C(=O)N(C)c3cnccn3)CC(=O)N2C2CC2)cnn1C. The molecule has 1 saturated carbocycles. The van der Waals surface area contributed by atoms with E-state index >= 15 is 0 Å². The van der Waals surface area contributed by atoms with Crippen LogP contribution in [0.25, 0.3) is 0 Å². The second-order valence-electron chi connectivity index (χ2n) is 7.06. The first kappa shape index (κ1) is 16.7. The van der Waals surface area contributed by atoms with Gasteiger partial charge in [0.05, 0.1) is 24.4 Å². The predicted octanol–water partition coefficient (Wildman–Crippen LogP) is 1.23. The second kappa shape index (κ2) is 6.19. The number of anilines is 1. The van der Waals surface area contributed by atoms with Crippen molar-refractivity contribution >= 4 is 17.6 Å². The zero-order valence-corrected chi connectivity index (χ0v) is 15.2. The molecule has 0 spiro atoms. The van der Waals surface area contributed by atoms with Crippen LogP contribution in [-0.4, -0.2) is 49.6 Å². The number of nitrogens with zero attached hydrogens (tertiary/aromatic N) is 6. The Morgan fingerprint density at radius 1 is 1.27 bits per heavy atom. The van der Waals surface area contributed by atoms with E-state index in [1.54, 1.807) is 36.5 Å². The number of aromatic nitrogens is 4. The van der Waals surface area contributed by atoms with Gasteiger partial charge in [0.25, 0.3) is 0 Å². The average Bonchev–Trinajstić information content (AvgIpc) is 3.36. The molecule has 26 heavy (non-hydrogen) atoms. The lowest BCUT2D eigenvalue weighted by molar-refractivity contribution is -0.129. The molecule has 1 aliphatic heterocycles.